The van der Waals surface area contributed by atoms with Gasteiger partial charge in [0.15, 0.2) is 0 Å². The van der Waals surface area contributed by atoms with Crippen LogP contribution in [0.2, 0.25) is 0 Å². The molecular weight excluding hydrogens is 265 g/mol. The van der Waals surface area contributed by atoms with Crippen molar-refractivity contribution < 1.29 is 4.39 Å². The van der Waals surface area contributed by atoms with E-state index in [1.807, 2.05) is 17.8 Å². The van der Waals surface area contributed by atoms with Gasteiger partial charge < -0.3 is 5.32 Å². The Balaban J connectivity index is 2.25. The number of aryl methyl sites for hydroxylation is 2. The quantitative estimate of drug-likeness (QED) is 0.846. The van der Waals surface area contributed by atoms with Crippen molar-refractivity contribution in [3.63, 3.8) is 0 Å². The molecule has 1 unspecified atom stereocenters. The molecule has 0 radical (unpaired) electrons. The second-order valence-corrected chi connectivity index (χ2v) is 5.40. The summed E-state index contributed by atoms with van der Waals surface area (Å²) < 4.78 is 15.2. The SMILES string of the molecule is CCCNC(Cc1cccc(F)c1)c1cn(C)nc1CC. The molecule has 2 rings (SSSR count). The molecule has 3 nitrogen and oxygen atoms in total. The Kier molecular flexibility index (Phi) is 5.51. The van der Waals surface area contributed by atoms with Gasteiger partial charge in [-0.3, -0.25) is 4.68 Å². The lowest BCUT2D eigenvalue weighted by atomic mass is 9.98. The standard InChI is InChI=1S/C17H24FN3/c1-4-9-19-17(11-13-7-6-8-14(18)10-13)15-12-21(3)20-16(15)5-2/h6-8,10,12,17,19H,4-5,9,11H2,1-3H3. The fourth-order valence-corrected chi connectivity index (χ4v) is 2.63. The molecule has 1 aromatic heterocycles. The number of hydrogen-bond donors (Lipinski definition) is 1. The third-order valence-electron chi connectivity index (χ3n) is 3.62. The molecule has 0 fully saturated rings. The minimum Gasteiger partial charge on any atom is -0.310 e. The monoisotopic (exact) mass is 289 g/mol. The summed E-state index contributed by atoms with van der Waals surface area (Å²) in [6, 6.07) is 7.02. The highest BCUT2D eigenvalue weighted by molar-refractivity contribution is 5.26. The van der Waals surface area contributed by atoms with Crippen LogP contribution in [-0.4, -0.2) is 16.3 Å². The Hall–Kier alpha value is -1.68. The zero-order valence-electron chi connectivity index (χ0n) is 13.1. The first-order valence-corrected chi connectivity index (χ1v) is 7.64. The number of rotatable bonds is 7. The van der Waals surface area contributed by atoms with Crippen LogP contribution < -0.4 is 5.32 Å². The highest BCUT2D eigenvalue weighted by atomic mass is 19.1. The van der Waals surface area contributed by atoms with Crippen molar-refractivity contribution in [1.82, 2.24) is 15.1 Å². The third-order valence-corrected chi connectivity index (χ3v) is 3.62. The number of halogens is 1. The fourth-order valence-electron chi connectivity index (χ4n) is 2.63. The van der Waals surface area contributed by atoms with E-state index in [1.54, 1.807) is 12.1 Å². The van der Waals surface area contributed by atoms with Gasteiger partial charge in [0.1, 0.15) is 5.82 Å². The lowest BCUT2D eigenvalue weighted by molar-refractivity contribution is 0.523. The van der Waals surface area contributed by atoms with Gasteiger partial charge in [-0.25, -0.2) is 4.39 Å². The molecule has 0 spiro atoms. The van der Waals surface area contributed by atoms with Gasteiger partial charge in [0.05, 0.1) is 5.69 Å². The summed E-state index contributed by atoms with van der Waals surface area (Å²) in [6.45, 7) is 5.21. The third kappa shape index (κ3) is 4.14. The molecular formula is C17H24FN3. The molecule has 0 bridgehead atoms. The van der Waals surface area contributed by atoms with E-state index in [9.17, 15) is 4.39 Å². The lowest BCUT2D eigenvalue weighted by Gasteiger charge is -2.19. The maximum absolute atomic E-state index is 13.4. The highest BCUT2D eigenvalue weighted by Gasteiger charge is 2.18. The van der Waals surface area contributed by atoms with Crippen molar-refractivity contribution in [2.45, 2.75) is 39.2 Å². The van der Waals surface area contributed by atoms with E-state index in [-0.39, 0.29) is 11.9 Å². The molecule has 1 atom stereocenters. The molecule has 0 amide bonds. The van der Waals surface area contributed by atoms with Gasteiger partial charge in [0, 0.05) is 24.8 Å². The molecule has 0 aliphatic rings. The summed E-state index contributed by atoms with van der Waals surface area (Å²) in [6.07, 6.45) is 4.83. The maximum atomic E-state index is 13.4. The van der Waals surface area contributed by atoms with E-state index in [4.69, 9.17) is 0 Å². The molecule has 4 heteroatoms. The van der Waals surface area contributed by atoms with Crippen LogP contribution in [0.5, 0.6) is 0 Å². The minimum atomic E-state index is -0.177. The van der Waals surface area contributed by atoms with Crippen LogP contribution in [0.4, 0.5) is 4.39 Å². The van der Waals surface area contributed by atoms with Crippen LogP contribution in [-0.2, 0) is 19.9 Å². The molecule has 0 saturated carbocycles. The Morgan fingerprint density at radius 3 is 2.81 bits per heavy atom. The van der Waals surface area contributed by atoms with Crippen LogP contribution in [0.15, 0.2) is 30.5 Å². The second kappa shape index (κ2) is 7.36. The Morgan fingerprint density at radius 1 is 1.33 bits per heavy atom. The molecule has 21 heavy (non-hydrogen) atoms. The average molecular weight is 289 g/mol. The zero-order chi connectivity index (χ0) is 15.2. The number of aromatic nitrogens is 2. The van der Waals surface area contributed by atoms with Gasteiger partial charge >= 0.3 is 0 Å². The summed E-state index contributed by atoms with van der Waals surface area (Å²) in [5, 5.41) is 8.09. The van der Waals surface area contributed by atoms with E-state index < -0.39 is 0 Å². The van der Waals surface area contributed by atoms with Gasteiger partial charge in [-0.15, -0.1) is 0 Å². The molecule has 1 aromatic carbocycles. The average Bonchev–Trinajstić information content (AvgIpc) is 2.84. The number of nitrogens with zero attached hydrogens (tertiary/aromatic N) is 2. The Labute approximate surface area is 126 Å². The Bertz CT molecular complexity index is 577. The summed E-state index contributed by atoms with van der Waals surface area (Å²) in [5.74, 6) is -0.177. The van der Waals surface area contributed by atoms with E-state index in [2.05, 4.69) is 30.5 Å². The van der Waals surface area contributed by atoms with Gasteiger partial charge in [-0.05, 0) is 43.5 Å². The Morgan fingerprint density at radius 2 is 2.14 bits per heavy atom. The van der Waals surface area contributed by atoms with Crippen LogP contribution in [0.1, 0.15) is 43.1 Å². The van der Waals surface area contributed by atoms with Crippen molar-refractivity contribution in [3.8, 4) is 0 Å². The predicted octanol–water partition coefficient (Wildman–Crippen LogP) is 3.41. The summed E-state index contributed by atoms with van der Waals surface area (Å²) in [4.78, 5) is 0. The van der Waals surface area contributed by atoms with E-state index in [1.165, 1.54) is 11.6 Å². The molecule has 0 aliphatic carbocycles. The molecule has 0 aliphatic heterocycles. The minimum absolute atomic E-state index is 0.176. The second-order valence-electron chi connectivity index (χ2n) is 5.40. The first kappa shape index (κ1) is 15.7. The van der Waals surface area contributed by atoms with Crippen molar-refractivity contribution in [2.24, 2.45) is 7.05 Å². The number of benzene rings is 1. The number of nitrogens with one attached hydrogen (secondary N) is 1. The maximum Gasteiger partial charge on any atom is 0.123 e. The smallest absolute Gasteiger partial charge is 0.123 e. The highest BCUT2D eigenvalue weighted by Crippen LogP contribution is 2.22. The lowest BCUT2D eigenvalue weighted by Crippen LogP contribution is -2.24. The van der Waals surface area contributed by atoms with Crippen LogP contribution >= 0.6 is 0 Å². The van der Waals surface area contributed by atoms with E-state index in [0.29, 0.717) is 0 Å². The van der Waals surface area contributed by atoms with Crippen molar-refractivity contribution in [1.29, 1.82) is 0 Å². The molecule has 2 aromatic rings. The molecule has 1 N–H and O–H groups in total. The van der Waals surface area contributed by atoms with Gasteiger partial charge in [-0.2, -0.15) is 5.10 Å². The van der Waals surface area contributed by atoms with Gasteiger partial charge in [0.2, 0.25) is 0 Å². The molecule has 0 saturated heterocycles. The normalized spacial score (nSPS) is 12.6. The van der Waals surface area contributed by atoms with Crippen molar-refractivity contribution >= 4 is 0 Å². The van der Waals surface area contributed by atoms with E-state index >= 15 is 0 Å². The van der Waals surface area contributed by atoms with Crippen LogP contribution in [0, 0.1) is 5.82 Å². The van der Waals surface area contributed by atoms with Crippen molar-refractivity contribution in [3.05, 3.63) is 53.1 Å². The predicted molar refractivity (Wildman–Crippen MR) is 83.7 cm³/mol. The van der Waals surface area contributed by atoms with E-state index in [0.717, 1.165) is 37.1 Å². The van der Waals surface area contributed by atoms with Crippen LogP contribution in [0.3, 0.4) is 0 Å². The van der Waals surface area contributed by atoms with Gasteiger partial charge in [0.25, 0.3) is 0 Å². The van der Waals surface area contributed by atoms with Crippen molar-refractivity contribution in [2.75, 3.05) is 6.54 Å². The topological polar surface area (TPSA) is 29.9 Å². The molecule has 114 valence electrons. The summed E-state index contributed by atoms with van der Waals surface area (Å²) in [7, 11) is 1.95. The number of hydrogen-bond acceptors (Lipinski definition) is 2. The molecule has 1 heterocycles. The first-order chi connectivity index (χ1) is 10.1. The van der Waals surface area contributed by atoms with Crippen LogP contribution in [0.25, 0.3) is 0 Å². The first-order valence-electron chi connectivity index (χ1n) is 7.64. The summed E-state index contributed by atoms with van der Waals surface area (Å²) in [5.41, 5.74) is 3.34. The van der Waals surface area contributed by atoms with Gasteiger partial charge in [-0.1, -0.05) is 26.0 Å². The summed E-state index contributed by atoms with van der Waals surface area (Å²) >= 11 is 0. The largest absolute Gasteiger partial charge is 0.310 e. The fraction of sp³-hybridized carbons (Fsp3) is 0.471. The zero-order valence-corrected chi connectivity index (χ0v) is 13.1.